The number of carbonyl (C=O) groups is 3. The van der Waals surface area contributed by atoms with Crippen molar-refractivity contribution in [2.75, 3.05) is 13.1 Å². The zero-order valence-electron chi connectivity index (χ0n) is 21.0. The molecule has 0 aliphatic carbocycles. The van der Waals surface area contributed by atoms with E-state index in [1.54, 1.807) is 29.1 Å². The van der Waals surface area contributed by atoms with E-state index in [-0.39, 0.29) is 23.8 Å². The van der Waals surface area contributed by atoms with Crippen molar-refractivity contribution in [3.63, 3.8) is 0 Å². The fraction of sp³-hybridized carbons (Fsp3) is 0.0667. The summed E-state index contributed by atoms with van der Waals surface area (Å²) in [6.07, 6.45) is 6.24. The molecule has 1 aromatic heterocycles. The van der Waals surface area contributed by atoms with Crippen molar-refractivity contribution >= 4 is 41.0 Å². The summed E-state index contributed by atoms with van der Waals surface area (Å²) < 4.78 is 28.3. The van der Waals surface area contributed by atoms with Gasteiger partial charge < -0.3 is 5.32 Å². The molecule has 0 spiro atoms. The van der Waals surface area contributed by atoms with Crippen LogP contribution in [-0.4, -0.2) is 44.8 Å². The van der Waals surface area contributed by atoms with Crippen LogP contribution < -0.4 is 5.32 Å². The van der Waals surface area contributed by atoms with Crippen LogP contribution in [0.2, 0.25) is 0 Å². The second-order valence-corrected chi connectivity index (χ2v) is 9.72. The third kappa shape index (κ3) is 6.24. The molecule has 1 aliphatic rings. The summed E-state index contributed by atoms with van der Waals surface area (Å²) in [6.45, 7) is 0.0525. The molecule has 4 aromatic rings. The number of halogens is 2. The number of carbonyl (C=O) groups excluding carboxylic acids is 3. The zero-order chi connectivity index (χ0) is 28.1. The van der Waals surface area contributed by atoms with E-state index in [1.165, 1.54) is 48.6 Å². The van der Waals surface area contributed by atoms with E-state index >= 15 is 0 Å². The minimum absolute atomic E-state index is 0.00221. The molecule has 200 valence electrons. The first-order valence-corrected chi connectivity index (χ1v) is 13.1. The summed E-state index contributed by atoms with van der Waals surface area (Å²) in [5, 5.41) is 6.87. The number of aromatic nitrogens is 2. The molecule has 7 nitrogen and oxygen atoms in total. The highest BCUT2D eigenvalue weighted by molar-refractivity contribution is 8.18. The van der Waals surface area contributed by atoms with Crippen LogP contribution in [0, 0.1) is 11.6 Å². The van der Waals surface area contributed by atoms with Gasteiger partial charge in [-0.1, -0.05) is 30.3 Å². The molecular formula is C30H22F2N4O3S. The van der Waals surface area contributed by atoms with Crippen molar-refractivity contribution < 1.29 is 23.2 Å². The molecule has 40 heavy (non-hydrogen) atoms. The standard InChI is InChI=1S/C30H22F2N4O3S/c31-23-11-6-20(7-12-23)18-26-29(38)35(30(39)40-26)17-16-33-27(37)15-10-22-19-36(25-4-2-1-3-5-25)34-28(22)21-8-13-24(32)14-9-21/h1-15,18-19H,16-17H2,(H,33,37)/b15-10+,26-18-. The van der Waals surface area contributed by atoms with Crippen molar-refractivity contribution in [2.24, 2.45) is 0 Å². The minimum atomic E-state index is -0.471. The van der Waals surface area contributed by atoms with Crippen LogP contribution in [-0.2, 0) is 9.59 Å². The van der Waals surface area contributed by atoms with Gasteiger partial charge in [0.05, 0.1) is 16.3 Å². The van der Waals surface area contributed by atoms with Crippen molar-refractivity contribution in [3.05, 3.63) is 119 Å². The van der Waals surface area contributed by atoms with Crippen LogP contribution in [0.25, 0.3) is 29.1 Å². The number of nitrogens with one attached hydrogen (secondary N) is 1. The number of rotatable bonds is 8. The number of thioether (sulfide) groups is 1. The van der Waals surface area contributed by atoms with E-state index in [1.807, 2.05) is 30.3 Å². The van der Waals surface area contributed by atoms with Gasteiger partial charge in [0.1, 0.15) is 11.6 Å². The molecule has 5 rings (SSSR count). The van der Waals surface area contributed by atoms with E-state index in [2.05, 4.69) is 10.4 Å². The van der Waals surface area contributed by atoms with Gasteiger partial charge in [-0.3, -0.25) is 19.3 Å². The highest BCUT2D eigenvalue weighted by Gasteiger charge is 2.34. The van der Waals surface area contributed by atoms with Gasteiger partial charge in [-0.05, 0) is 78.0 Å². The molecule has 1 fully saturated rings. The van der Waals surface area contributed by atoms with Gasteiger partial charge in [0.2, 0.25) is 5.91 Å². The van der Waals surface area contributed by atoms with Crippen LogP contribution in [0.1, 0.15) is 11.1 Å². The molecule has 1 aliphatic heterocycles. The summed E-state index contributed by atoms with van der Waals surface area (Å²) in [5.41, 5.74) is 3.31. The van der Waals surface area contributed by atoms with E-state index < -0.39 is 22.9 Å². The Hall–Kier alpha value is -4.83. The molecule has 1 saturated heterocycles. The van der Waals surface area contributed by atoms with E-state index in [0.717, 1.165) is 22.3 Å². The van der Waals surface area contributed by atoms with E-state index in [4.69, 9.17) is 0 Å². The highest BCUT2D eigenvalue weighted by atomic mass is 32.2. The monoisotopic (exact) mass is 556 g/mol. The number of hydrogen-bond acceptors (Lipinski definition) is 5. The minimum Gasteiger partial charge on any atom is -0.351 e. The van der Waals surface area contributed by atoms with Gasteiger partial charge in [0.15, 0.2) is 0 Å². The first kappa shape index (κ1) is 26.8. The molecule has 10 heteroatoms. The van der Waals surface area contributed by atoms with Crippen LogP contribution >= 0.6 is 11.8 Å². The lowest BCUT2D eigenvalue weighted by molar-refractivity contribution is -0.123. The average molecular weight is 557 g/mol. The van der Waals surface area contributed by atoms with Gasteiger partial charge in [0.25, 0.3) is 11.1 Å². The number of amides is 3. The molecule has 2 heterocycles. The van der Waals surface area contributed by atoms with Crippen LogP contribution in [0.4, 0.5) is 13.6 Å². The van der Waals surface area contributed by atoms with Crippen molar-refractivity contribution in [1.29, 1.82) is 0 Å². The molecular weight excluding hydrogens is 534 g/mol. The lowest BCUT2D eigenvalue weighted by Crippen LogP contribution is -2.36. The maximum absolute atomic E-state index is 13.5. The SMILES string of the molecule is O=C(/C=C/c1cn(-c2ccccc2)nc1-c1ccc(F)cc1)NCCN1C(=O)S/C(=C\c2ccc(F)cc2)C1=O. The van der Waals surface area contributed by atoms with Crippen molar-refractivity contribution in [3.8, 4) is 16.9 Å². The highest BCUT2D eigenvalue weighted by Crippen LogP contribution is 2.32. The van der Waals surface area contributed by atoms with Crippen LogP contribution in [0.15, 0.2) is 96.0 Å². The normalized spacial score (nSPS) is 14.4. The Morgan fingerprint density at radius 2 is 1.60 bits per heavy atom. The summed E-state index contributed by atoms with van der Waals surface area (Å²) in [6, 6.07) is 20.9. The number of imide groups is 1. The largest absolute Gasteiger partial charge is 0.351 e. The van der Waals surface area contributed by atoms with Crippen LogP contribution in [0.3, 0.4) is 0 Å². The fourth-order valence-corrected chi connectivity index (χ4v) is 4.84. The molecule has 3 amide bonds. The lowest BCUT2D eigenvalue weighted by Gasteiger charge is -2.12. The Bertz CT molecular complexity index is 1620. The Morgan fingerprint density at radius 1 is 0.925 bits per heavy atom. The quantitative estimate of drug-likeness (QED) is 0.282. The summed E-state index contributed by atoms with van der Waals surface area (Å²) in [4.78, 5) is 38.8. The van der Waals surface area contributed by atoms with Gasteiger partial charge in [0, 0.05) is 36.5 Å². The van der Waals surface area contributed by atoms with Gasteiger partial charge >= 0.3 is 0 Å². The second-order valence-electron chi connectivity index (χ2n) is 8.73. The summed E-state index contributed by atoms with van der Waals surface area (Å²) in [5.74, 6) is -1.66. The number of para-hydroxylation sites is 1. The number of nitrogens with zero attached hydrogens (tertiary/aromatic N) is 3. The zero-order valence-corrected chi connectivity index (χ0v) is 21.8. The third-order valence-electron chi connectivity index (χ3n) is 5.97. The smallest absolute Gasteiger partial charge is 0.293 e. The van der Waals surface area contributed by atoms with E-state index in [9.17, 15) is 23.2 Å². The molecule has 3 aromatic carbocycles. The average Bonchev–Trinajstić information content (AvgIpc) is 3.50. The predicted molar refractivity (Wildman–Crippen MR) is 150 cm³/mol. The molecule has 1 N–H and O–H groups in total. The van der Waals surface area contributed by atoms with Crippen molar-refractivity contribution in [2.45, 2.75) is 0 Å². The Labute approximate surface area is 232 Å². The summed E-state index contributed by atoms with van der Waals surface area (Å²) >= 11 is 0.793. The molecule has 0 bridgehead atoms. The molecule has 0 saturated carbocycles. The maximum atomic E-state index is 13.5. The Kier molecular flexibility index (Phi) is 7.97. The molecule has 0 radical (unpaired) electrons. The van der Waals surface area contributed by atoms with Gasteiger partial charge in [-0.15, -0.1) is 0 Å². The summed E-state index contributed by atoms with van der Waals surface area (Å²) in [7, 11) is 0. The molecule has 0 atom stereocenters. The fourth-order valence-electron chi connectivity index (χ4n) is 3.97. The topological polar surface area (TPSA) is 84.3 Å². The third-order valence-corrected chi connectivity index (χ3v) is 6.88. The Balaban J connectivity index is 1.24. The van der Waals surface area contributed by atoms with Gasteiger partial charge in [-0.25, -0.2) is 13.5 Å². The Morgan fingerprint density at radius 3 is 2.30 bits per heavy atom. The van der Waals surface area contributed by atoms with Crippen LogP contribution in [0.5, 0.6) is 0 Å². The number of hydrogen-bond donors (Lipinski definition) is 1. The van der Waals surface area contributed by atoms with Crippen molar-refractivity contribution in [1.82, 2.24) is 20.0 Å². The van der Waals surface area contributed by atoms with E-state index in [0.29, 0.717) is 22.4 Å². The first-order valence-electron chi connectivity index (χ1n) is 12.3. The molecule has 0 unspecified atom stereocenters. The first-order chi connectivity index (χ1) is 19.4. The lowest BCUT2D eigenvalue weighted by atomic mass is 10.1. The maximum Gasteiger partial charge on any atom is 0.293 e. The number of benzene rings is 3. The van der Waals surface area contributed by atoms with Gasteiger partial charge in [-0.2, -0.15) is 5.10 Å². The second kappa shape index (κ2) is 11.9. The predicted octanol–water partition coefficient (Wildman–Crippen LogP) is 5.68.